The quantitative estimate of drug-likeness (QED) is 0.901. The van der Waals surface area contributed by atoms with E-state index in [1.807, 2.05) is 25.5 Å². The second kappa shape index (κ2) is 5.21. The first kappa shape index (κ1) is 13.3. The fourth-order valence-electron chi connectivity index (χ4n) is 2.04. The van der Waals surface area contributed by atoms with Crippen LogP contribution >= 0.6 is 0 Å². The van der Waals surface area contributed by atoms with Gasteiger partial charge in [-0.2, -0.15) is 10.1 Å². The van der Waals surface area contributed by atoms with Crippen molar-refractivity contribution < 1.29 is 9.32 Å². The fraction of sp³-hybridized carbons (Fsp3) is 0.500. The van der Waals surface area contributed by atoms with E-state index in [0.717, 1.165) is 17.9 Å². The number of hydrogen-bond donors (Lipinski definition) is 1. The van der Waals surface area contributed by atoms with Crippen molar-refractivity contribution in [3.05, 3.63) is 29.2 Å². The molecule has 0 aliphatic carbocycles. The SMILES string of the molecule is CCn1nc(C)c(C(=O)NC(C)c2ncon2)c1C. The van der Waals surface area contributed by atoms with E-state index < -0.39 is 0 Å². The second-order valence-electron chi connectivity index (χ2n) is 4.35. The van der Waals surface area contributed by atoms with Gasteiger partial charge in [0.1, 0.15) is 0 Å². The van der Waals surface area contributed by atoms with Gasteiger partial charge in [0.25, 0.3) is 5.91 Å². The summed E-state index contributed by atoms with van der Waals surface area (Å²) in [5.74, 6) is 0.276. The maximum absolute atomic E-state index is 12.3. The third kappa shape index (κ3) is 2.49. The van der Waals surface area contributed by atoms with Gasteiger partial charge in [-0.25, -0.2) is 0 Å². The average molecular weight is 263 g/mol. The molecule has 0 radical (unpaired) electrons. The molecular formula is C12H17N5O2. The second-order valence-corrected chi connectivity index (χ2v) is 4.35. The number of aryl methyl sites for hydroxylation is 2. The molecule has 1 atom stereocenters. The molecule has 102 valence electrons. The molecule has 19 heavy (non-hydrogen) atoms. The molecule has 0 aromatic carbocycles. The smallest absolute Gasteiger partial charge is 0.255 e. The Labute approximate surface area is 111 Å². The Kier molecular flexibility index (Phi) is 3.64. The molecule has 2 heterocycles. The van der Waals surface area contributed by atoms with Gasteiger partial charge >= 0.3 is 0 Å². The molecule has 0 fully saturated rings. The van der Waals surface area contributed by atoms with E-state index in [4.69, 9.17) is 0 Å². The van der Waals surface area contributed by atoms with E-state index in [1.165, 1.54) is 6.39 Å². The molecule has 2 aromatic heterocycles. The van der Waals surface area contributed by atoms with Crippen molar-refractivity contribution >= 4 is 5.91 Å². The zero-order valence-corrected chi connectivity index (χ0v) is 11.5. The van der Waals surface area contributed by atoms with Crippen LogP contribution in [-0.4, -0.2) is 25.8 Å². The molecule has 7 nitrogen and oxygen atoms in total. The van der Waals surface area contributed by atoms with Crippen LogP contribution in [0, 0.1) is 13.8 Å². The lowest BCUT2D eigenvalue weighted by molar-refractivity contribution is 0.0936. The van der Waals surface area contributed by atoms with Gasteiger partial charge in [-0.1, -0.05) is 5.16 Å². The number of nitrogens with one attached hydrogen (secondary N) is 1. The summed E-state index contributed by atoms with van der Waals surface area (Å²) >= 11 is 0. The Hall–Kier alpha value is -2.18. The molecule has 0 saturated carbocycles. The lowest BCUT2D eigenvalue weighted by Crippen LogP contribution is -2.28. The molecular weight excluding hydrogens is 246 g/mol. The Bertz CT molecular complexity index is 573. The van der Waals surface area contributed by atoms with Crippen LogP contribution in [0.5, 0.6) is 0 Å². The maximum atomic E-state index is 12.3. The van der Waals surface area contributed by atoms with E-state index >= 15 is 0 Å². The van der Waals surface area contributed by atoms with Crippen LogP contribution in [-0.2, 0) is 6.54 Å². The third-order valence-corrected chi connectivity index (χ3v) is 3.02. The first-order valence-electron chi connectivity index (χ1n) is 6.15. The molecule has 1 amide bonds. The predicted molar refractivity (Wildman–Crippen MR) is 67.6 cm³/mol. The maximum Gasteiger partial charge on any atom is 0.255 e. The van der Waals surface area contributed by atoms with Crippen LogP contribution < -0.4 is 5.32 Å². The number of carbonyl (C=O) groups is 1. The standard InChI is InChI=1S/C12H17N5O2/c1-5-17-9(4)10(7(2)15-17)12(18)14-8(3)11-13-6-19-16-11/h6,8H,5H2,1-4H3,(H,14,18). The van der Waals surface area contributed by atoms with Gasteiger partial charge in [0.2, 0.25) is 6.39 Å². The molecule has 0 aliphatic heterocycles. The Balaban J connectivity index is 2.19. The molecule has 1 N–H and O–H groups in total. The zero-order valence-electron chi connectivity index (χ0n) is 11.5. The highest BCUT2D eigenvalue weighted by Crippen LogP contribution is 2.15. The predicted octanol–water partition coefficient (Wildman–Crippen LogP) is 1.39. The first-order valence-corrected chi connectivity index (χ1v) is 6.15. The summed E-state index contributed by atoms with van der Waals surface area (Å²) < 4.78 is 6.47. The Morgan fingerprint density at radius 3 is 2.79 bits per heavy atom. The van der Waals surface area contributed by atoms with Gasteiger partial charge < -0.3 is 9.84 Å². The van der Waals surface area contributed by atoms with Gasteiger partial charge in [-0.05, 0) is 27.7 Å². The van der Waals surface area contributed by atoms with E-state index in [2.05, 4.69) is 25.1 Å². The summed E-state index contributed by atoms with van der Waals surface area (Å²) in [6.07, 6.45) is 1.24. The van der Waals surface area contributed by atoms with Crippen molar-refractivity contribution in [3.8, 4) is 0 Å². The molecule has 7 heteroatoms. The van der Waals surface area contributed by atoms with Crippen molar-refractivity contribution in [1.29, 1.82) is 0 Å². The van der Waals surface area contributed by atoms with Crippen molar-refractivity contribution in [2.75, 3.05) is 0 Å². The average Bonchev–Trinajstić information content (AvgIpc) is 2.97. The van der Waals surface area contributed by atoms with Crippen LogP contribution in [0.25, 0.3) is 0 Å². The number of rotatable bonds is 4. The summed E-state index contributed by atoms with van der Waals surface area (Å²) in [4.78, 5) is 16.2. The lowest BCUT2D eigenvalue weighted by atomic mass is 10.1. The van der Waals surface area contributed by atoms with Crippen LogP contribution in [0.1, 0.15) is 47.5 Å². The highest BCUT2D eigenvalue weighted by atomic mass is 16.5. The number of hydrogen-bond acceptors (Lipinski definition) is 5. The minimum Gasteiger partial charge on any atom is -0.343 e. The first-order chi connectivity index (χ1) is 9.04. The van der Waals surface area contributed by atoms with Gasteiger partial charge in [-0.15, -0.1) is 0 Å². The number of carbonyl (C=O) groups excluding carboxylic acids is 1. The van der Waals surface area contributed by atoms with Gasteiger partial charge in [-0.3, -0.25) is 9.48 Å². The van der Waals surface area contributed by atoms with Gasteiger partial charge in [0.15, 0.2) is 5.82 Å². The molecule has 2 aromatic rings. The topological polar surface area (TPSA) is 85.8 Å². The number of nitrogens with zero attached hydrogens (tertiary/aromatic N) is 4. The summed E-state index contributed by atoms with van der Waals surface area (Å²) in [7, 11) is 0. The van der Waals surface area contributed by atoms with E-state index in [1.54, 1.807) is 6.92 Å². The minimum atomic E-state index is -0.310. The van der Waals surface area contributed by atoms with Crippen molar-refractivity contribution in [2.45, 2.75) is 40.3 Å². The molecule has 2 rings (SSSR count). The van der Waals surface area contributed by atoms with Crippen molar-refractivity contribution in [3.63, 3.8) is 0 Å². The van der Waals surface area contributed by atoms with Gasteiger partial charge in [0.05, 0.1) is 17.3 Å². The van der Waals surface area contributed by atoms with Crippen molar-refractivity contribution in [1.82, 2.24) is 25.2 Å². The van der Waals surface area contributed by atoms with Crippen LogP contribution in [0.15, 0.2) is 10.9 Å². The minimum absolute atomic E-state index is 0.174. The molecule has 0 spiro atoms. The van der Waals surface area contributed by atoms with Crippen LogP contribution in [0.4, 0.5) is 0 Å². The van der Waals surface area contributed by atoms with Crippen LogP contribution in [0.3, 0.4) is 0 Å². The lowest BCUT2D eigenvalue weighted by Gasteiger charge is -2.10. The van der Waals surface area contributed by atoms with Crippen molar-refractivity contribution in [2.24, 2.45) is 0 Å². The monoisotopic (exact) mass is 263 g/mol. The Morgan fingerprint density at radius 2 is 2.26 bits per heavy atom. The van der Waals surface area contributed by atoms with Gasteiger partial charge in [0, 0.05) is 12.2 Å². The summed E-state index contributed by atoms with van der Waals surface area (Å²) in [6, 6.07) is -0.310. The highest BCUT2D eigenvalue weighted by Gasteiger charge is 2.21. The zero-order chi connectivity index (χ0) is 14.0. The van der Waals surface area contributed by atoms with E-state index in [-0.39, 0.29) is 11.9 Å². The molecule has 1 unspecified atom stereocenters. The van der Waals surface area contributed by atoms with Crippen LogP contribution in [0.2, 0.25) is 0 Å². The summed E-state index contributed by atoms with van der Waals surface area (Å²) in [5.41, 5.74) is 2.19. The largest absolute Gasteiger partial charge is 0.343 e. The summed E-state index contributed by atoms with van der Waals surface area (Å²) in [5, 5.41) is 10.9. The normalized spacial score (nSPS) is 12.4. The summed E-state index contributed by atoms with van der Waals surface area (Å²) in [6.45, 7) is 8.24. The van der Waals surface area contributed by atoms with E-state index in [9.17, 15) is 4.79 Å². The molecule has 0 saturated heterocycles. The molecule has 0 aliphatic rings. The third-order valence-electron chi connectivity index (χ3n) is 3.02. The highest BCUT2D eigenvalue weighted by molar-refractivity contribution is 5.96. The fourth-order valence-corrected chi connectivity index (χ4v) is 2.04. The number of amides is 1. The Morgan fingerprint density at radius 1 is 1.53 bits per heavy atom. The number of aromatic nitrogens is 4. The molecule has 0 bridgehead atoms. The van der Waals surface area contributed by atoms with E-state index in [0.29, 0.717) is 11.4 Å².